The molecule has 2 aromatic heterocycles. The van der Waals surface area contributed by atoms with Crippen LogP contribution in [-0.2, 0) is 17.6 Å². The van der Waals surface area contributed by atoms with E-state index < -0.39 is 0 Å². The average molecular weight is 484 g/mol. The van der Waals surface area contributed by atoms with Gasteiger partial charge in [0.2, 0.25) is 5.91 Å². The van der Waals surface area contributed by atoms with Crippen molar-refractivity contribution in [3.05, 3.63) is 45.1 Å². The molecule has 3 heterocycles. The maximum atomic E-state index is 13.8. The van der Waals surface area contributed by atoms with Gasteiger partial charge in [-0.05, 0) is 68.9 Å². The lowest BCUT2D eigenvalue weighted by Crippen LogP contribution is -2.33. The van der Waals surface area contributed by atoms with E-state index in [2.05, 4.69) is 0 Å². The SMILES string of the molecule is CCOc1ccc(-n2c(SCC(=O)N3CCCCCC3)nc3sc4c(c3c2=O)CCC4)cc1. The molecule has 8 heteroatoms. The molecule has 174 valence electrons. The number of aryl methyl sites for hydroxylation is 2. The lowest BCUT2D eigenvalue weighted by molar-refractivity contribution is -0.128. The number of benzene rings is 1. The quantitative estimate of drug-likeness (QED) is 0.371. The maximum absolute atomic E-state index is 13.8. The number of amides is 1. The molecule has 1 saturated heterocycles. The van der Waals surface area contributed by atoms with Gasteiger partial charge in [-0.15, -0.1) is 11.3 Å². The number of ether oxygens (including phenoxy) is 1. The highest BCUT2D eigenvalue weighted by atomic mass is 32.2. The van der Waals surface area contributed by atoms with Crippen molar-refractivity contribution in [1.82, 2.24) is 14.5 Å². The van der Waals surface area contributed by atoms with Crippen molar-refractivity contribution in [3.8, 4) is 11.4 Å². The van der Waals surface area contributed by atoms with Crippen LogP contribution < -0.4 is 10.3 Å². The first kappa shape index (κ1) is 22.5. The summed E-state index contributed by atoms with van der Waals surface area (Å²) in [6.07, 6.45) is 7.58. The molecular weight excluding hydrogens is 454 g/mol. The first-order chi connectivity index (χ1) is 16.2. The fourth-order valence-corrected chi connectivity index (χ4v) is 6.96. The number of thiophene rings is 1. The molecule has 3 aromatic rings. The van der Waals surface area contributed by atoms with Gasteiger partial charge in [0.25, 0.3) is 5.56 Å². The fourth-order valence-electron chi connectivity index (χ4n) is 4.74. The van der Waals surface area contributed by atoms with Crippen LogP contribution in [-0.4, -0.2) is 45.8 Å². The van der Waals surface area contributed by atoms with Gasteiger partial charge < -0.3 is 9.64 Å². The molecule has 33 heavy (non-hydrogen) atoms. The van der Waals surface area contributed by atoms with Crippen LogP contribution in [0.15, 0.2) is 34.2 Å². The minimum atomic E-state index is -0.0340. The van der Waals surface area contributed by atoms with Gasteiger partial charge >= 0.3 is 0 Å². The monoisotopic (exact) mass is 483 g/mol. The van der Waals surface area contributed by atoms with Crippen molar-refractivity contribution >= 4 is 39.2 Å². The summed E-state index contributed by atoms with van der Waals surface area (Å²) in [7, 11) is 0. The molecule has 0 atom stereocenters. The number of thioether (sulfide) groups is 1. The first-order valence-corrected chi connectivity index (χ1v) is 13.7. The van der Waals surface area contributed by atoms with Gasteiger partial charge in [-0.25, -0.2) is 4.98 Å². The van der Waals surface area contributed by atoms with E-state index in [-0.39, 0.29) is 11.5 Å². The molecule has 0 unspecified atom stereocenters. The standard InChI is InChI=1S/C25H29N3O3S2/c1-2-31-18-12-10-17(11-13-18)28-24(30)22-19-8-7-9-20(19)33-23(22)26-25(28)32-16-21(29)27-14-5-3-4-6-15-27/h10-13H,2-9,14-16H2,1H3. The Morgan fingerprint density at radius 2 is 1.85 bits per heavy atom. The zero-order valence-corrected chi connectivity index (χ0v) is 20.6. The van der Waals surface area contributed by atoms with Gasteiger partial charge in [-0.1, -0.05) is 24.6 Å². The van der Waals surface area contributed by atoms with Crippen LogP contribution in [0.1, 0.15) is 49.5 Å². The lowest BCUT2D eigenvalue weighted by Gasteiger charge is -2.20. The van der Waals surface area contributed by atoms with Gasteiger partial charge in [-0.2, -0.15) is 0 Å². The van der Waals surface area contributed by atoms with Crippen LogP contribution in [0.2, 0.25) is 0 Å². The van der Waals surface area contributed by atoms with Gasteiger partial charge in [0.05, 0.1) is 23.4 Å². The third kappa shape index (κ3) is 4.55. The topological polar surface area (TPSA) is 64.4 Å². The summed E-state index contributed by atoms with van der Waals surface area (Å²) in [5.41, 5.74) is 1.89. The predicted molar refractivity (Wildman–Crippen MR) is 134 cm³/mol. The molecule has 2 aliphatic rings. The van der Waals surface area contributed by atoms with Crippen LogP contribution in [0, 0.1) is 0 Å². The van der Waals surface area contributed by atoms with E-state index in [1.807, 2.05) is 36.1 Å². The second kappa shape index (κ2) is 9.89. The van der Waals surface area contributed by atoms with Gasteiger partial charge in [-0.3, -0.25) is 14.2 Å². The molecule has 1 aliphatic carbocycles. The van der Waals surface area contributed by atoms with E-state index in [9.17, 15) is 9.59 Å². The van der Waals surface area contributed by atoms with Crippen LogP contribution in [0.5, 0.6) is 5.75 Å². The summed E-state index contributed by atoms with van der Waals surface area (Å²) in [5, 5.41) is 1.34. The highest BCUT2D eigenvalue weighted by Crippen LogP contribution is 2.36. The number of carbonyl (C=O) groups excluding carboxylic acids is 1. The highest BCUT2D eigenvalue weighted by Gasteiger charge is 2.25. The van der Waals surface area contributed by atoms with Crippen LogP contribution in [0.25, 0.3) is 15.9 Å². The summed E-state index contributed by atoms with van der Waals surface area (Å²) >= 11 is 3.01. The van der Waals surface area contributed by atoms with Crippen molar-refractivity contribution in [2.75, 3.05) is 25.4 Å². The van der Waals surface area contributed by atoms with Crippen molar-refractivity contribution in [2.45, 2.75) is 57.0 Å². The van der Waals surface area contributed by atoms with E-state index in [1.54, 1.807) is 15.9 Å². The third-order valence-corrected chi connectivity index (χ3v) is 8.51. The van der Waals surface area contributed by atoms with Crippen molar-refractivity contribution < 1.29 is 9.53 Å². The number of fused-ring (bicyclic) bond motifs is 3. The van der Waals surface area contributed by atoms with Crippen molar-refractivity contribution in [3.63, 3.8) is 0 Å². The van der Waals surface area contributed by atoms with Crippen molar-refractivity contribution in [1.29, 1.82) is 0 Å². The number of hydrogen-bond donors (Lipinski definition) is 0. The minimum Gasteiger partial charge on any atom is -0.494 e. The van der Waals surface area contributed by atoms with E-state index in [0.29, 0.717) is 17.5 Å². The summed E-state index contributed by atoms with van der Waals surface area (Å²) in [4.78, 5) is 35.7. The Hall–Kier alpha value is -2.32. The molecule has 1 aliphatic heterocycles. The number of likely N-dealkylation sites (tertiary alicyclic amines) is 1. The second-order valence-corrected chi connectivity index (χ2v) is 10.6. The second-order valence-electron chi connectivity index (χ2n) is 8.58. The van der Waals surface area contributed by atoms with Crippen molar-refractivity contribution in [2.24, 2.45) is 0 Å². The fraction of sp³-hybridized carbons (Fsp3) is 0.480. The van der Waals surface area contributed by atoms with E-state index in [4.69, 9.17) is 9.72 Å². The Kier molecular flexibility index (Phi) is 6.74. The Labute approximate surface area is 202 Å². The normalized spacial score (nSPS) is 16.1. The number of rotatable bonds is 6. The molecule has 1 fully saturated rings. The lowest BCUT2D eigenvalue weighted by atomic mass is 10.2. The number of nitrogens with zero attached hydrogens (tertiary/aromatic N) is 3. The number of aromatic nitrogens is 2. The maximum Gasteiger partial charge on any atom is 0.267 e. The molecule has 6 nitrogen and oxygen atoms in total. The largest absolute Gasteiger partial charge is 0.494 e. The Bertz CT molecular complexity index is 1210. The Morgan fingerprint density at radius 1 is 1.09 bits per heavy atom. The molecule has 0 spiro atoms. The summed E-state index contributed by atoms with van der Waals surface area (Å²) in [6, 6.07) is 7.55. The van der Waals surface area contributed by atoms with E-state index >= 15 is 0 Å². The molecule has 1 aromatic carbocycles. The molecule has 0 N–H and O–H groups in total. The van der Waals surface area contributed by atoms with Crippen LogP contribution in [0.3, 0.4) is 0 Å². The molecule has 0 saturated carbocycles. The summed E-state index contributed by atoms with van der Waals surface area (Å²) < 4.78 is 7.26. The van der Waals surface area contributed by atoms with Gasteiger partial charge in [0, 0.05) is 18.0 Å². The summed E-state index contributed by atoms with van der Waals surface area (Å²) in [5.74, 6) is 1.19. The van der Waals surface area contributed by atoms with Gasteiger partial charge in [0.15, 0.2) is 5.16 Å². The minimum absolute atomic E-state index is 0.0340. The molecule has 5 rings (SSSR count). The molecular formula is C25H29N3O3S2. The zero-order valence-electron chi connectivity index (χ0n) is 19.0. The smallest absolute Gasteiger partial charge is 0.267 e. The molecule has 0 radical (unpaired) electrons. The molecule has 0 bridgehead atoms. The number of carbonyl (C=O) groups is 1. The average Bonchev–Trinajstić information content (AvgIpc) is 3.28. The van der Waals surface area contributed by atoms with Crippen LogP contribution in [0.4, 0.5) is 0 Å². The van der Waals surface area contributed by atoms with Gasteiger partial charge in [0.1, 0.15) is 10.6 Å². The Balaban J connectivity index is 1.51. The predicted octanol–water partition coefficient (Wildman–Crippen LogP) is 4.83. The first-order valence-electron chi connectivity index (χ1n) is 11.9. The Morgan fingerprint density at radius 3 is 2.58 bits per heavy atom. The highest BCUT2D eigenvalue weighted by molar-refractivity contribution is 7.99. The molecule has 1 amide bonds. The third-order valence-electron chi connectivity index (χ3n) is 6.40. The summed E-state index contributed by atoms with van der Waals surface area (Å²) in [6.45, 7) is 4.20. The van der Waals surface area contributed by atoms with E-state index in [1.165, 1.54) is 35.0 Å². The van der Waals surface area contributed by atoms with E-state index in [0.717, 1.165) is 66.8 Å². The number of hydrogen-bond acceptors (Lipinski definition) is 6. The zero-order chi connectivity index (χ0) is 22.8. The van der Waals surface area contributed by atoms with Crippen LogP contribution >= 0.6 is 23.1 Å².